The van der Waals surface area contributed by atoms with Gasteiger partial charge in [0.2, 0.25) is 0 Å². The average Bonchev–Trinajstić information content (AvgIpc) is 3.29. The molecule has 0 unspecified atom stereocenters. The molecule has 33 heavy (non-hydrogen) atoms. The van der Waals surface area contributed by atoms with Crippen LogP contribution >= 0.6 is 22.9 Å². The maximum Gasteiger partial charge on any atom is 0.271 e. The Morgan fingerprint density at radius 1 is 1.06 bits per heavy atom. The molecule has 1 saturated heterocycles. The Kier molecular flexibility index (Phi) is 5.78. The van der Waals surface area contributed by atoms with Crippen LogP contribution in [0.3, 0.4) is 0 Å². The molecule has 3 heterocycles. The minimum Gasteiger partial charge on any atom is -0.495 e. The number of amides is 1. The highest BCUT2D eigenvalue weighted by molar-refractivity contribution is 7.15. The predicted molar refractivity (Wildman–Crippen MR) is 131 cm³/mol. The first-order valence-electron chi connectivity index (χ1n) is 10.5. The molecule has 1 fully saturated rings. The Hall–Kier alpha value is -3.36. The number of nitrogens with zero attached hydrogens (tertiary/aromatic N) is 4. The normalized spacial score (nSPS) is 14.0. The quantitative estimate of drug-likeness (QED) is 0.441. The van der Waals surface area contributed by atoms with E-state index in [2.05, 4.69) is 9.88 Å². The summed E-state index contributed by atoms with van der Waals surface area (Å²) in [5.74, 6) is 0.493. The molecular formula is C24H21ClN4O3S. The van der Waals surface area contributed by atoms with E-state index in [9.17, 15) is 9.59 Å². The highest BCUT2D eigenvalue weighted by atomic mass is 35.5. The first-order valence-corrected chi connectivity index (χ1v) is 11.8. The van der Waals surface area contributed by atoms with Crippen molar-refractivity contribution in [2.45, 2.75) is 0 Å². The maximum atomic E-state index is 13.4. The van der Waals surface area contributed by atoms with Crippen LogP contribution in [0.25, 0.3) is 16.2 Å². The summed E-state index contributed by atoms with van der Waals surface area (Å²) < 4.78 is 6.94. The molecule has 0 N–H and O–H groups in total. The van der Waals surface area contributed by atoms with Gasteiger partial charge in [0.05, 0.1) is 18.5 Å². The molecule has 0 saturated carbocycles. The second-order valence-electron chi connectivity index (χ2n) is 7.65. The van der Waals surface area contributed by atoms with Gasteiger partial charge in [-0.15, -0.1) is 11.3 Å². The Morgan fingerprint density at radius 3 is 2.55 bits per heavy atom. The van der Waals surface area contributed by atoms with Crippen LogP contribution in [0, 0.1) is 0 Å². The number of thiazole rings is 1. The van der Waals surface area contributed by atoms with Gasteiger partial charge in [-0.3, -0.25) is 14.0 Å². The Bertz CT molecular complexity index is 1390. The standard InChI is InChI=1S/C24H21ClN4O3S/c1-32-21-9-5-4-8-19(21)27-10-12-28(13-11-27)22(30)17-14-26-24-29(23(17)31)20(15-33-24)16-6-2-3-7-18(16)25/h2-9,14-15H,10-13H2,1H3. The van der Waals surface area contributed by atoms with E-state index in [1.807, 2.05) is 47.8 Å². The van der Waals surface area contributed by atoms with Gasteiger partial charge in [0.1, 0.15) is 11.3 Å². The number of carbonyl (C=O) groups is 1. The van der Waals surface area contributed by atoms with Crippen molar-refractivity contribution in [3.8, 4) is 17.0 Å². The Balaban J connectivity index is 1.42. The van der Waals surface area contributed by atoms with Crippen LogP contribution in [0.2, 0.25) is 5.02 Å². The van der Waals surface area contributed by atoms with Gasteiger partial charge >= 0.3 is 0 Å². The van der Waals surface area contributed by atoms with Crippen molar-refractivity contribution in [3.05, 3.63) is 81.0 Å². The van der Waals surface area contributed by atoms with Gasteiger partial charge in [-0.1, -0.05) is 41.9 Å². The molecule has 0 aliphatic carbocycles. The van der Waals surface area contributed by atoms with Gasteiger partial charge in [-0.2, -0.15) is 0 Å². The summed E-state index contributed by atoms with van der Waals surface area (Å²) in [5.41, 5.74) is 2.04. The molecule has 9 heteroatoms. The smallest absolute Gasteiger partial charge is 0.271 e. The van der Waals surface area contributed by atoms with Crippen molar-refractivity contribution in [2.24, 2.45) is 0 Å². The average molecular weight is 481 g/mol. The number of anilines is 1. The maximum absolute atomic E-state index is 13.4. The van der Waals surface area contributed by atoms with Crippen molar-refractivity contribution in [3.63, 3.8) is 0 Å². The van der Waals surface area contributed by atoms with Crippen LogP contribution in [0.5, 0.6) is 5.75 Å². The van der Waals surface area contributed by atoms with E-state index in [1.165, 1.54) is 21.9 Å². The van der Waals surface area contributed by atoms with E-state index in [-0.39, 0.29) is 17.0 Å². The molecular weight excluding hydrogens is 460 g/mol. The summed E-state index contributed by atoms with van der Waals surface area (Å²) in [4.78, 5) is 35.4. The lowest BCUT2D eigenvalue weighted by Crippen LogP contribution is -2.49. The summed E-state index contributed by atoms with van der Waals surface area (Å²) >= 11 is 7.70. The highest BCUT2D eigenvalue weighted by Crippen LogP contribution is 2.30. The minimum atomic E-state index is -0.381. The third-order valence-electron chi connectivity index (χ3n) is 5.82. The van der Waals surface area contributed by atoms with Crippen LogP contribution in [0.1, 0.15) is 10.4 Å². The van der Waals surface area contributed by atoms with Gasteiger partial charge in [-0.25, -0.2) is 4.98 Å². The van der Waals surface area contributed by atoms with Gasteiger partial charge in [0.25, 0.3) is 11.5 Å². The zero-order chi connectivity index (χ0) is 22.9. The third-order valence-corrected chi connectivity index (χ3v) is 6.99. The fraction of sp³-hybridized carbons (Fsp3) is 0.208. The summed E-state index contributed by atoms with van der Waals surface area (Å²) in [6.45, 7) is 2.29. The molecule has 5 rings (SSSR count). The van der Waals surface area contributed by atoms with Crippen LogP contribution in [-0.4, -0.2) is 53.5 Å². The van der Waals surface area contributed by atoms with E-state index in [0.717, 1.165) is 17.0 Å². The molecule has 2 aromatic heterocycles. The number of ether oxygens (including phenoxy) is 1. The van der Waals surface area contributed by atoms with E-state index >= 15 is 0 Å². The molecule has 0 spiro atoms. The van der Waals surface area contributed by atoms with E-state index in [0.29, 0.717) is 41.9 Å². The first-order chi connectivity index (χ1) is 16.1. The van der Waals surface area contributed by atoms with Gasteiger partial charge < -0.3 is 14.5 Å². The largest absolute Gasteiger partial charge is 0.495 e. The number of carbonyl (C=O) groups excluding carboxylic acids is 1. The monoisotopic (exact) mass is 480 g/mol. The van der Waals surface area contributed by atoms with Crippen LogP contribution in [-0.2, 0) is 0 Å². The van der Waals surface area contributed by atoms with E-state index in [1.54, 1.807) is 18.1 Å². The lowest BCUT2D eigenvalue weighted by atomic mass is 10.1. The number of piperazine rings is 1. The predicted octanol–water partition coefficient (Wildman–Crippen LogP) is 4.05. The Labute approximate surface area is 199 Å². The van der Waals surface area contributed by atoms with E-state index < -0.39 is 0 Å². The SMILES string of the molecule is COc1ccccc1N1CCN(C(=O)c2cnc3scc(-c4ccccc4Cl)n3c2=O)CC1. The number of methoxy groups -OCH3 is 1. The summed E-state index contributed by atoms with van der Waals surface area (Å²) in [5, 5.41) is 2.37. The van der Waals surface area contributed by atoms with Crippen molar-refractivity contribution < 1.29 is 9.53 Å². The van der Waals surface area contributed by atoms with Gasteiger partial charge in [0.15, 0.2) is 4.96 Å². The zero-order valence-corrected chi connectivity index (χ0v) is 19.5. The summed E-state index contributed by atoms with van der Waals surface area (Å²) in [6.07, 6.45) is 1.39. The van der Waals surface area contributed by atoms with Crippen molar-refractivity contribution in [1.29, 1.82) is 0 Å². The first kappa shape index (κ1) is 21.5. The highest BCUT2D eigenvalue weighted by Gasteiger charge is 2.26. The molecule has 1 aliphatic rings. The molecule has 0 radical (unpaired) electrons. The van der Waals surface area contributed by atoms with Crippen molar-refractivity contribution >= 4 is 39.5 Å². The molecule has 7 nitrogen and oxygen atoms in total. The van der Waals surface area contributed by atoms with Crippen LogP contribution in [0.4, 0.5) is 5.69 Å². The molecule has 1 amide bonds. The topological polar surface area (TPSA) is 67.2 Å². The fourth-order valence-electron chi connectivity index (χ4n) is 4.11. The second kappa shape index (κ2) is 8.88. The van der Waals surface area contributed by atoms with Gasteiger partial charge in [0, 0.05) is 48.3 Å². The van der Waals surface area contributed by atoms with Crippen LogP contribution in [0.15, 0.2) is 64.9 Å². The second-order valence-corrected chi connectivity index (χ2v) is 8.89. The number of para-hydroxylation sites is 2. The van der Waals surface area contributed by atoms with Crippen molar-refractivity contribution in [1.82, 2.24) is 14.3 Å². The van der Waals surface area contributed by atoms with Gasteiger partial charge in [-0.05, 0) is 18.2 Å². The molecule has 1 aliphatic heterocycles. The molecule has 4 aromatic rings. The van der Waals surface area contributed by atoms with Crippen molar-refractivity contribution in [2.75, 3.05) is 38.2 Å². The lowest BCUT2D eigenvalue weighted by molar-refractivity contribution is 0.0744. The number of hydrogen-bond acceptors (Lipinski definition) is 6. The third kappa shape index (κ3) is 3.85. The lowest BCUT2D eigenvalue weighted by Gasteiger charge is -2.36. The summed E-state index contributed by atoms with van der Waals surface area (Å²) in [7, 11) is 1.65. The molecule has 168 valence electrons. The fourth-order valence-corrected chi connectivity index (χ4v) is 5.19. The van der Waals surface area contributed by atoms with Crippen LogP contribution < -0.4 is 15.2 Å². The molecule has 0 bridgehead atoms. The Morgan fingerprint density at radius 2 is 1.79 bits per heavy atom. The number of rotatable bonds is 4. The number of halogens is 1. The number of aromatic nitrogens is 2. The number of benzene rings is 2. The molecule has 0 atom stereocenters. The zero-order valence-electron chi connectivity index (χ0n) is 17.9. The molecule has 2 aromatic carbocycles. The number of hydrogen-bond donors (Lipinski definition) is 0. The number of fused-ring (bicyclic) bond motifs is 1. The summed E-state index contributed by atoms with van der Waals surface area (Å²) in [6, 6.07) is 15.1. The van der Waals surface area contributed by atoms with E-state index in [4.69, 9.17) is 16.3 Å². The minimum absolute atomic E-state index is 0.0601.